The minimum atomic E-state index is -1.27. The summed E-state index contributed by atoms with van der Waals surface area (Å²) in [4.78, 5) is 33.1. The molecule has 6 nitrogen and oxygen atoms in total. The summed E-state index contributed by atoms with van der Waals surface area (Å²) in [6.07, 6.45) is -0.557. The van der Waals surface area contributed by atoms with E-state index in [1.165, 1.54) is 0 Å². The molecule has 0 fully saturated rings. The van der Waals surface area contributed by atoms with Crippen molar-refractivity contribution in [3.05, 3.63) is 34.9 Å². The molecule has 0 unspecified atom stereocenters. The first-order chi connectivity index (χ1) is 9.40. The number of carbonyl (C=O) groups is 3. The van der Waals surface area contributed by atoms with Gasteiger partial charge < -0.3 is 15.5 Å². The SMILES string of the molecule is O=C(O)CC[C@@H](NC(=O)Cc1ccccc1Cl)C(=O)O. The highest BCUT2D eigenvalue weighted by molar-refractivity contribution is 6.31. The Kier molecular flexibility index (Phi) is 5.99. The fourth-order valence-electron chi connectivity index (χ4n) is 1.59. The zero-order valence-electron chi connectivity index (χ0n) is 10.5. The van der Waals surface area contributed by atoms with E-state index in [1.807, 2.05) is 0 Å². The molecular formula is C13H14ClNO5. The maximum atomic E-state index is 11.7. The van der Waals surface area contributed by atoms with Crippen molar-refractivity contribution in [2.24, 2.45) is 0 Å². The molecule has 1 aromatic carbocycles. The van der Waals surface area contributed by atoms with Gasteiger partial charge in [-0.2, -0.15) is 0 Å². The second-order valence-electron chi connectivity index (χ2n) is 4.16. The smallest absolute Gasteiger partial charge is 0.326 e. The van der Waals surface area contributed by atoms with Gasteiger partial charge in [-0.05, 0) is 18.1 Å². The van der Waals surface area contributed by atoms with Gasteiger partial charge in [0.05, 0.1) is 6.42 Å². The van der Waals surface area contributed by atoms with Crippen molar-refractivity contribution in [2.45, 2.75) is 25.3 Å². The molecule has 0 heterocycles. The molecular weight excluding hydrogens is 286 g/mol. The Labute approximate surface area is 120 Å². The molecule has 0 aromatic heterocycles. The van der Waals surface area contributed by atoms with Crippen molar-refractivity contribution in [3.63, 3.8) is 0 Å². The van der Waals surface area contributed by atoms with E-state index < -0.39 is 23.9 Å². The van der Waals surface area contributed by atoms with Crippen LogP contribution in [-0.2, 0) is 20.8 Å². The average Bonchev–Trinajstić information content (AvgIpc) is 2.36. The number of carbonyl (C=O) groups excluding carboxylic acids is 1. The molecule has 0 bridgehead atoms. The lowest BCUT2D eigenvalue weighted by molar-refractivity contribution is -0.143. The molecule has 3 N–H and O–H groups in total. The molecule has 0 aliphatic heterocycles. The number of carboxylic acids is 2. The van der Waals surface area contributed by atoms with Crippen LogP contribution >= 0.6 is 11.6 Å². The number of nitrogens with one attached hydrogen (secondary N) is 1. The summed E-state index contributed by atoms with van der Waals surface area (Å²) in [5.74, 6) is -2.90. The van der Waals surface area contributed by atoms with E-state index in [4.69, 9.17) is 21.8 Å². The van der Waals surface area contributed by atoms with Crippen LogP contribution in [0.4, 0.5) is 0 Å². The van der Waals surface area contributed by atoms with Gasteiger partial charge in [0.15, 0.2) is 0 Å². The van der Waals surface area contributed by atoms with Crippen LogP contribution in [0.3, 0.4) is 0 Å². The Morgan fingerprint density at radius 3 is 2.40 bits per heavy atom. The summed E-state index contributed by atoms with van der Waals surface area (Å²) in [5.41, 5.74) is 0.578. The molecule has 1 amide bonds. The van der Waals surface area contributed by atoms with Gasteiger partial charge in [-0.25, -0.2) is 4.79 Å². The Morgan fingerprint density at radius 1 is 1.20 bits per heavy atom. The van der Waals surface area contributed by atoms with E-state index in [0.717, 1.165) is 0 Å². The van der Waals surface area contributed by atoms with Crippen molar-refractivity contribution >= 4 is 29.4 Å². The lowest BCUT2D eigenvalue weighted by atomic mass is 10.1. The predicted molar refractivity (Wildman–Crippen MR) is 71.6 cm³/mol. The van der Waals surface area contributed by atoms with Crippen LogP contribution < -0.4 is 5.32 Å². The van der Waals surface area contributed by atoms with Crippen LogP contribution in [0.1, 0.15) is 18.4 Å². The lowest BCUT2D eigenvalue weighted by Gasteiger charge is -2.13. The van der Waals surface area contributed by atoms with Crippen molar-refractivity contribution in [1.29, 1.82) is 0 Å². The van der Waals surface area contributed by atoms with E-state index in [1.54, 1.807) is 24.3 Å². The Balaban J connectivity index is 2.60. The standard InChI is InChI=1S/C13H14ClNO5/c14-9-4-2-1-3-8(9)7-11(16)15-10(13(19)20)5-6-12(17)18/h1-4,10H,5-7H2,(H,15,16)(H,17,18)(H,19,20)/t10-/m1/s1. The highest BCUT2D eigenvalue weighted by Gasteiger charge is 2.21. The molecule has 0 radical (unpaired) electrons. The first-order valence-corrected chi connectivity index (χ1v) is 6.25. The number of amides is 1. The van der Waals surface area contributed by atoms with Gasteiger partial charge in [-0.15, -0.1) is 0 Å². The van der Waals surface area contributed by atoms with Gasteiger partial charge in [0.2, 0.25) is 5.91 Å². The molecule has 0 aliphatic carbocycles. The Hall–Kier alpha value is -2.08. The van der Waals surface area contributed by atoms with E-state index in [-0.39, 0.29) is 19.3 Å². The molecule has 7 heteroatoms. The number of aliphatic carboxylic acids is 2. The van der Waals surface area contributed by atoms with Crippen LogP contribution in [-0.4, -0.2) is 34.1 Å². The van der Waals surface area contributed by atoms with Gasteiger partial charge in [-0.3, -0.25) is 9.59 Å². The molecule has 0 spiro atoms. The molecule has 1 atom stereocenters. The Morgan fingerprint density at radius 2 is 1.85 bits per heavy atom. The molecule has 0 saturated carbocycles. The predicted octanol–water partition coefficient (Wildman–Crippen LogP) is 1.32. The number of rotatable bonds is 7. The van der Waals surface area contributed by atoms with Crippen molar-refractivity contribution < 1.29 is 24.6 Å². The Bertz CT molecular complexity index is 517. The fraction of sp³-hybridized carbons (Fsp3) is 0.308. The maximum absolute atomic E-state index is 11.7. The molecule has 0 aliphatic rings. The summed E-state index contributed by atoms with van der Waals surface area (Å²) in [7, 11) is 0. The van der Waals surface area contributed by atoms with E-state index in [0.29, 0.717) is 10.6 Å². The molecule has 108 valence electrons. The van der Waals surface area contributed by atoms with E-state index >= 15 is 0 Å². The summed E-state index contributed by atoms with van der Waals surface area (Å²) in [5, 5.41) is 20.2. The third-order valence-corrected chi connectivity index (χ3v) is 2.96. The number of halogens is 1. The minimum absolute atomic E-state index is 0.0590. The second kappa shape index (κ2) is 7.49. The van der Waals surface area contributed by atoms with Crippen molar-refractivity contribution in [1.82, 2.24) is 5.32 Å². The van der Waals surface area contributed by atoms with Crippen LogP contribution in [0.2, 0.25) is 5.02 Å². The zero-order chi connectivity index (χ0) is 15.1. The largest absolute Gasteiger partial charge is 0.481 e. The highest BCUT2D eigenvalue weighted by Crippen LogP contribution is 2.15. The third kappa shape index (κ3) is 5.27. The molecule has 1 aromatic rings. The topological polar surface area (TPSA) is 104 Å². The first kappa shape index (κ1) is 16.0. The molecule has 0 saturated heterocycles. The summed E-state index contributed by atoms with van der Waals surface area (Å²) in [6, 6.07) is 5.50. The molecule has 1 rings (SSSR count). The summed E-state index contributed by atoms with van der Waals surface area (Å²) >= 11 is 5.90. The van der Waals surface area contributed by atoms with Crippen LogP contribution in [0.15, 0.2) is 24.3 Å². The minimum Gasteiger partial charge on any atom is -0.481 e. The van der Waals surface area contributed by atoms with E-state index in [2.05, 4.69) is 5.32 Å². The quantitative estimate of drug-likeness (QED) is 0.704. The van der Waals surface area contributed by atoms with Gasteiger partial charge in [0, 0.05) is 11.4 Å². The summed E-state index contributed by atoms with van der Waals surface area (Å²) < 4.78 is 0. The average molecular weight is 300 g/mol. The maximum Gasteiger partial charge on any atom is 0.326 e. The number of hydrogen-bond donors (Lipinski definition) is 3. The first-order valence-electron chi connectivity index (χ1n) is 5.87. The number of carboxylic acid groups (broad SMARTS) is 2. The highest BCUT2D eigenvalue weighted by atomic mass is 35.5. The van der Waals surface area contributed by atoms with Crippen LogP contribution in [0, 0.1) is 0 Å². The van der Waals surface area contributed by atoms with Crippen LogP contribution in [0.25, 0.3) is 0 Å². The monoisotopic (exact) mass is 299 g/mol. The van der Waals surface area contributed by atoms with Crippen molar-refractivity contribution in [3.8, 4) is 0 Å². The fourth-order valence-corrected chi connectivity index (χ4v) is 1.79. The van der Waals surface area contributed by atoms with Gasteiger partial charge in [0.1, 0.15) is 6.04 Å². The normalized spacial score (nSPS) is 11.7. The van der Waals surface area contributed by atoms with Gasteiger partial charge in [0.25, 0.3) is 0 Å². The third-order valence-electron chi connectivity index (χ3n) is 2.59. The summed E-state index contributed by atoms with van der Waals surface area (Å²) in [6.45, 7) is 0. The zero-order valence-corrected chi connectivity index (χ0v) is 11.3. The number of benzene rings is 1. The second-order valence-corrected chi connectivity index (χ2v) is 4.57. The van der Waals surface area contributed by atoms with E-state index in [9.17, 15) is 14.4 Å². The van der Waals surface area contributed by atoms with Gasteiger partial charge in [-0.1, -0.05) is 29.8 Å². The van der Waals surface area contributed by atoms with Gasteiger partial charge >= 0.3 is 11.9 Å². The number of hydrogen-bond acceptors (Lipinski definition) is 3. The molecule has 20 heavy (non-hydrogen) atoms. The van der Waals surface area contributed by atoms with Crippen LogP contribution in [0.5, 0.6) is 0 Å². The van der Waals surface area contributed by atoms with Crippen molar-refractivity contribution in [2.75, 3.05) is 0 Å². The lowest BCUT2D eigenvalue weighted by Crippen LogP contribution is -2.41.